The maximum absolute atomic E-state index is 13.0. The lowest BCUT2D eigenvalue weighted by Crippen LogP contribution is -2.37. The van der Waals surface area contributed by atoms with E-state index in [0.717, 1.165) is 0 Å². The summed E-state index contributed by atoms with van der Waals surface area (Å²) in [5, 5.41) is 13.6. The van der Waals surface area contributed by atoms with Crippen molar-refractivity contribution in [2.75, 3.05) is 27.3 Å². The molecule has 0 spiro atoms. The van der Waals surface area contributed by atoms with E-state index in [-0.39, 0.29) is 30.3 Å². The van der Waals surface area contributed by atoms with Crippen molar-refractivity contribution in [1.29, 1.82) is 0 Å². The molecule has 1 aliphatic rings. The third-order valence-corrected chi connectivity index (χ3v) is 5.05. The van der Waals surface area contributed by atoms with Crippen LogP contribution in [0.1, 0.15) is 24.1 Å². The number of hydrogen-bond donors (Lipinski definition) is 2. The zero-order valence-electron chi connectivity index (χ0n) is 17.5. The molecule has 2 N–H and O–H groups in total. The predicted octanol–water partition coefficient (Wildman–Crippen LogP) is 2.26. The number of ketones is 1. The number of nitrogens with zero attached hydrogens (tertiary/aromatic N) is 1. The van der Waals surface area contributed by atoms with E-state index in [2.05, 4.69) is 5.32 Å². The van der Waals surface area contributed by atoms with Crippen molar-refractivity contribution in [3.63, 3.8) is 0 Å². The summed E-state index contributed by atoms with van der Waals surface area (Å²) in [6, 6.07) is 12.7. The van der Waals surface area contributed by atoms with Crippen LogP contribution in [0.2, 0.25) is 0 Å². The zero-order valence-corrected chi connectivity index (χ0v) is 17.5. The van der Waals surface area contributed by atoms with Crippen molar-refractivity contribution in [2.24, 2.45) is 0 Å². The van der Waals surface area contributed by atoms with Gasteiger partial charge in [0.2, 0.25) is 5.91 Å². The Morgan fingerprint density at radius 2 is 1.81 bits per heavy atom. The molecule has 8 nitrogen and oxygen atoms in total. The fraction of sp³-hybridized carbons (Fsp3) is 0.261. The van der Waals surface area contributed by atoms with Gasteiger partial charge in [-0.25, -0.2) is 0 Å². The lowest BCUT2D eigenvalue weighted by atomic mass is 9.94. The van der Waals surface area contributed by atoms with Crippen LogP contribution in [-0.2, 0) is 14.4 Å². The number of carbonyl (C=O) groups excluding carboxylic acids is 3. The molecule has 0 aromatic heterocycles. The fourth-order valence-corrected chi connectivity index (χ4v) is 3.58. The molecule has 2 aromatic carbocycles. The minimum atomic E-state index is -0.894. The van der Waals surface area contributed by atoms with Gasteiger partial charge in [0, 0.05) is 37.2 Å². The van der Waals surface area contributed by atoms with E-state index < -0.39 is 17.7 Å². The molecule has 2 amide bonds. The normalized spacial score (nSPS) is 17.5. The van der Waals surface area contributed by atoms with Crippen LogP contribution in [0.5, 0.6) is 11.5 Å². The Balaban J connectivity index is 2.16. The summed E-state index contributed by atoms with van der Waals surface area (Å²) >= 11 is 0. The number of aliphatic hydroxyl groups is 1. The van der Waals surface area contributed by atoms with Gasteiger partial charge >= 0.3 is 0 Å². The van der Waals surface area contributed by atoms with E-state index in [1.54, 1.807) is 48.5 Å². The molecule has 0 saturated carbocycles. The SMILES string of the molecule is COc1ccc([C@H]2C(=C(O)c3ccccc3)C(=O)C(=O)N2CCNC(C)=O)c(OC)c1. The van der Waals surface area contributed by atoms with Crippen molar-refractivity contribution in [1.82, 2.24) is 10.2 Å². The second-order valence-corrected chi connectivity index (χ2v) is 6.95. The van der Waals surface area contributed by atoms with Gasteiger partial charge in [0.1, 0.15) is 17.3 Å². The summed E-state index contributed by atoms with van der Waals surface area (Å²) in [7, 11) is 2.99. The Morgan fingerprint density at radius 3 is 2.42 bits per heavy atom. The van der Waals surface area contributed by atoms with Crippen LogP contribution in [0.15, 0.2) is 54.1 Å². The Morgan fingerprint density at radius 1 is 1.10 bits per heavy atom. The second-order valence-electron chi connectivity index (χ2n) is 6.95. The standard InChI is InChI=1S/C23H24N2O6/c1-14(26)24-11-12-25-20(17-10-9-16(30-2)13-18(17)31-3)19(22(28)23(25)29)21(27)15-7-5-4-6-8-15/h4-10,13,20,27H,11-12H2,1-3H3,(H,24,26)/t20-/m0/s1. The largest absolute Gasteiger partial charge is 0.507 e. The van der Waals surface area contributed by atoms with Gasteiger partial charge in [0.05, 0.1) is 25.8 Å². The average molecular weight is 424 g/mol. The number of carbonyl (C=O) groups is 3. The Hall–Kier alpha value is -3.81. The number of methoxy groups -OCH3 is 2. The Bertz CT molecular complexity index is 1030. The minimum Gasteiger partial charge on any atom is -0.507 e. The highest BCUT2D eigenvalue weighted by molar-refractivity contribution is 6.46. The summed E-state index contributed by atoms with van der Waals surface area (Å²) in [5.41, 5.74) is 0.894. The summed E-state index contributed by atoms with van der Waals surface area (Å²) in [5.74, 6) is -1.14. The highest BCUT2D eigenvalue weighted by atomic mass is 16.5. The van der Waals surface area contributed by atoms with E-state index in [9.17, 15) is 19.5 Å². The smallest absolute Gasteiger partial charge is 0.295 e. The summed E-state index contributed by atoms with van der Waals surface area (Å²) < 4.78 is 10.7. The molecule has 0 unspecified atom stereocenters. The Labute approximate surface area is 180 Å². The number of aliphatic hydroxyl groups excluding tert-OH is 1. The van der Waals surface area contributed by atoms with Crippen molar-refractivity contribution >= 4 is 23.4 Å². The molecular weight excluding hydrogens is 400 g/mol. The first-order valence-electron chi connectivity index (χ1n) is 9.69. The second kappa shape index (κ2) is 9.34. The molecule has 0 radical (unpaired) electrons. The number of likely N-dealkylation sites (tertiary alicyclic amines) is 1. The van der Waals surface area contributed by atoms with Gasteiger partial charge in [-0.2, -0.15) is 0 Å². The van der Waals surface area contributed by atoms with E-state index in [0.29, 0.717) is 22.6 Å². The Kier molecular flexibility index (Phi) is 6.59. The monoisotopic (exact) mass is 424 g/mol. The van der Waals surface area contributed by atoms with Crippen molar-refractivity contribution in [3.05, 3.63) is 65.2 Å². The highest BCUT2D eigenvalue weighted by Gasteiger charge is 2.46. The van der Waals surface area contributed by atoms with Crippen molar-refractivity contribution < 1.29 is 29.0 Å². The quantitative estimate of drug-likeness (QED) is 0.401. The number of ether oxygens (including phenoxy) is 2. The predicted molar refractivity (Wildman–Crippen MR) is 114 cm³/mol. The third kappa shape index (κ3) is 4.37. The molecule has 1 saturated heterocycles. The van der Waals surface area contributed by atoms with E-state index in [1.807, 2.05) is 0 Å². The van der Waals surface area contributed by atoms with Crippen LogP contribution < -0.4 is 14.8 Å². The van der Waals surface area contributed by atoms with Crippen LogP contribution >= 0.6 is 0 Å². The van der Waals surface area contributed by atoms with Crippen LogP contribution in [0.4, 0.5) is 0 Å². The molecular formula is C23H24N2O6. The number of amides is 2. The highest BCUT2D eigenvalue weighted by Crippen LogP contribution is 2.43. The topological polar surface area (TPSA) is 105 Å². The number of hydrogen-bond acceptors (Lipinski definition) is 6. The van der Waals surface area contributed by atoms with E-state index >= 15 is 0 Å². The molecule has 1 fully saturated rings. The fourth-order valence-electron chi connectivity index (χ4n) is 3.58. The van der Waals surface area contributed by atoms with Gasteiger partial charge in [-0.15, -0.1) is 0 Å². The third-order valence-electron chi connectivity index (χ3n) is 5.05. The molecule has 0 aliphatic carbocycles. The zero-order chi connectivity index (χ0) is 22.5. The van der Waals surface area contributed by atoms with Gasteiger partial charge in [0.15, 0.2) is 0 Å². The van der Waals surface area contributed by atoms with Gasteiger partial charge in [-0.05, 0) is 12.1 Å². The minimum absolute atomic E-state index is 0.0394. The van der Waals surface area contributed by atoms with Crippen LogP contribution in [0.25, 0.3) is 5.76 Å². The number of Topliss-reactive ketones (excluding diaryl/α,β-unsaturated/α-hetero) is 1. The molecule has 3 rings (SSSR count). The lowest BCUT2D eigenvalue weighted by molar-refractivity contribution is -0.140. The van der Waals surface area contributed by atoms with E-state index in [1.165, 1.54) is 26.0 Å². The summed E-state index contributed by atoms with van der Waals surface area (Å²) in [6.45, 7) is 1.60. The maximum Gasteiger partial charge on any atom is 0.295 e. The number of rotatable bonds is 7. The summed E-state index contributed by atoms with van der Waals surface area (Å²) in [6.07, 6.45) is 0. The van der Waals surface area contributed by atoms with Gasteiger partial charge in [-0.1, -0.05) is 30.3 Å². The molecule has 1 heterocycles. The molecule has 1 aliphatic heterocycles. The molecule has 162 valence electrons. The van der Waals surface area contributed by atoms with Gasteiger partial charge in [-0.3, -0.25) is 14.4 Å². The molecule has 1 atom stereocenters. The van der Waals surface area contributed by atoms with Crippen molar-refractivity contribution in [3.8, 4) is 11.5 Å². The first kappa shape index (κ1) is 21.9. The average Bonchev–Trinajstić information content (AvgIpc) is 3.03. The first-order valence-corrected chi connectivity index (χ1v) is 9.69. The van der Waals surface area contributed by atoms with Crippen LogP contribution in [0, 0.1) is 0 Å². The number of benzene rings is 2. The van der Waals surface area contributed by atoms with Gasteiger partial charge < -0.3 is 24.8 Å². The first-order chi connectivity index (χ1) is 14.9. The molecule has 31 heavy (non-hydrogen) atoms. The van der Waals surface area contributed by atoms with Crippen LogP contribution in [-0.4, -0.2) is 54.9 Å². The molecule has 2 aromatic rings. The van der Waals surface area contributed by atoms with Gasteiger partial charge in [0.25, 0.3) is 11.7 Å². The summed E-state index contributed by atoms with van der Waals surface area (Å²) in [4.78, 5) is 38.5. The lowest BCUT2D eigenvalue weighted by Gasteiger charge is -2.26. The maximum atomic E-state index is 13.0. The van der Waals surface area contributed by atoms with Crippen LogP contribution in [0.3, 0.4) is 0 Å². The van der Waals surface area contributed by atoms with Crippen molar-refractivity contribution in [2.45, 2.75) is 13.0 Å². The molecule has 0 bridgehead atoms. The molecule has 8 heteroatoms. The number of nitrogens with one attached hydrogen (secondary N) is 1. The van der Waals surface area contributed by atoms with E-state index in [4.69, 9.17) is 9.47 Å².